The minimum Gasteiger partial charge on any atom is -0.493 e. The lowest BCUT2D eigenvalue weighted by atomic mass is 9.91. The Balaban J connectivity index is 0.00000400. The fourth-order valence-electron chi connectivity index (χ4n) is 5.00. The molecule has 0 unspecified atom stereocenters. The molecule has 1 fully saturated rings. The van der Waals surface area contributed by atoms with Gasteiger partial charge in [0.15, 0.2) is 23.0 Å². The van der Waals surface area contributed by atoms with Crippen LogP contribution in [0.4, 0.5) is 0 Å². The van der Waals surface area contributed by atoms with Crippen LogP contribution in [0.15, 0.2) is 29.8 Å². The van der Waals surface area contributed by atoms with Crippen molar-refractivity contribution in [3.05, 3.63) is 46.5 Å². The van der Waals surface area contributed by atoms with Crippen molar-refractivity contribution in [2.75, 3.05) is 60.7 Å². The summed E-state index contributed by atoms with van der Waals surface area (Å²) in [5, 5.41) is 0. The van der Waals surface area contributed by atoms with Crippen LogP contribution in [0, 0.1) is 0 Å². The van der Waals surface area contributed by atoms with Gasteiger partial charge in [0.1, 0.15) is 0 Å². The van der Waals surface area contributed by atoms with E-state index in [4.69, 9.17) is 23.7 Å². The van der Waals surface area contributed by atoms with Crippen molar-refractivity contribution < 1.29 is 28.5 Å². The van der Waals surface area contributed by atoms with Crippen LogP contribution in [0.5, 0.6) is 28.7 Å². The van der Waals surface area contributed by atoms with Crippen molar-refractivity contribution in [3.8, 4) is 28.7 Å². The second kappa shape index (κ2) is 13.6. The maximum atomic E-state index is 13.4. The lowest BCUT2D eigenvalue weighted by Gasteiger charge is -2.35. The zero-order valence-electron chi connectivity index (χ0n) is 23.0. The summed E-state index contributed by atoms with van der Waals surface area (Å²) in [5.41, 5.74) is 4.18. The van der Waals surface area contributed by atoms with Crippen LogP contribution in [-0.2, 0) is 17.8 Å². The molecule has 9 heteroatoms. The van der Waals surface area contributed by atoms with Gasteiger partial charge in [-0.3, -0.25) is 9.69 Å². The third-order valence-electron chi connectivity index (χ3n) is 6.86. The number of rotatable bonds is 10. The number of aryl methyl sites for hydroxylation is 1. The van der Waals surface area contributed by atoms with Gasteiger partial charge in [0, 0.05) is 38.3 Å². The molecule has 0 spiro atoms. The van der Waals surface area contributed by atoms with Crippen molar-refractivity contribution in [2.24, 2.45) is 0 Å². The van der Waals surface area contributed by atoms with Gasteiger partial charge in [-0.1, -0.05) is 0 Å². The highest BCUT2D eigenvalue weighted by molar-refractivity contribution is 5.99. The first kappa shape index (κ1) is 29.5. The maximum absolute atomic E-state index is 13.4. The normalized spacial score (nSPS) is 15.1. The number of piperazine rings is 1. The summed E-state index contributed by atoms with van der Waals surface area (Å²) in [6.45, 7) is 8.83. The molecule has 8 nitrogen and oxygen atoms in total. The lowest BCUT2D eigenvalue weighted by Crippen LogP contribution is -2.48. The summed E-state index contributed by atoms with van der Waals surface area (Å²) >= 11 is 0. The van der Waals surface area contributed by atoms with E-state index in [1.807, 2.05) is 43.0 Å². The van der Waals surface area contributed by atoms with E-state index in [0.717, 1.165) is 60.7 Å². The Morgan fingerprint density at radius 3 is 1.95 bits per heavy atom. The van der Waals surface area contributed by atoms with Gasteiger partial charge in [-0.25, -0.2) is 0 Å². The largest absolute Gasteiger partial charge is 0.493 e. The van der Waals surface area contributed by atoms with Gasteiger partial charge in [0.25, 0.3) is 0 Å². The van der Waals surface area contributed by atoms with Crippen molar-refractivity contribution in [1.29, 1.82) is 0 Å². The zero-order chi connectivity index (χ0) is 26.4. The SMILES string of the molecule is CCOc1cc2c(cc1OCC)CCC(C(=O)N1CCN(Cc3cc(OC)c(OC)c(OC)c3)CC1)=C2.Cl. The molecule has 208 valence electrons. The molecule has 1 heterocycles. The summed E-state index contributed by atoms with van der Waals surface area (Å²) < 4.78 is 28.0. The lowest BCUT2D eigenvalue weighted by molar-refractivity contribution is -0.129. The minimum atomic E-state index is 0. The Bertz CT molecular complexity index is 1120. The zero-order valence-corrected chi connectivity index (χ0v) is 23.8. The number of nitrogens with zero attached hydrogens (tertiary/aromatic N) is 2. The Morgan fingerprint density at radius 2 is 1.39 bits per heavy atom. The molecule has 2 aromatic carbocycles. The van der Waals surface area contributed by atoms with E-state index < -0.39 is 0 Å². The highest BCUT2D eigenvalue weighted by atomic mass is 35.5. The number of benzene rings is 2. The van der Waals surface area contributed by atoms with Crippen LogP contribution < -0.4 is 23.7 Å². The molecule has 4 rings (SSSR count). The van der Waals surface area contributed by atoms with Gasteiger partial charge < -0.3 is 28.6 Å². The molecule has 1 aliphatic carbocycles. The predicted molar refractivity (Wildman–Crippen MR) is 150 cm³/mol. The van der Waals surface area contributed by atoms with Crippen LogP contribution >= 0.6 is 12.4 Å². The van der Waals surface area contributed by atoms with Crippen molar-refractivity contribution in [3.63, 3.8) is 0 Å². The van der Waals surface area contributed by atoms with E-state index in [0.29, 0.717) is 43.6 Å². The Labute approximate surface area is 231 Å². The average Bonchev–Trinajstić information content (AvgIpc) is 2.92. The Kier molecular flexibility index (Phi) is 10.6. The van der Waals surface area contributed by atoms with E-state index in [2.05, 4.69) is 11.0 Å². The molecule has 0 radical (unpaired) electrons. The highest BCUT2D eigenvalue weighted by Crippen LogP contribution is 2.39. The number of carbonyl (C=O) groups is 1. The van der Waals surface area contributed by atoms with Gasteiger partial charge in [0.05, 0.1) is 34.5 Å². The summed E-state index contributed by atoms with van der Waals surface area (Å²) in [6.07, 6.45) is 3.58. The fourth-order valence-corrected chi connectivity index (χ4v) is 5.00. The number of fused-ring (bicyclic) bond motifs is 1. The van der Waals surface area contributed by atoms with Gasteiger partial charge in [0.2, 0.25) is 11.7 Å². The average molecular weight is 547 g/mol. The van der Waals surface area contributed by atoms with Crippen LogP contribution in [0.25, 0.3) is 6.08 Å². The van der Waals surface area contributed by atoms with Crippen molar-refractivity contribution >= 4 is 24.4 Å². The van der Waals surface area contributed by atoms with E-state index in [-0.39, 0.29) is 18.3 Å². The quantitative estimate of drug-likeness (QED) is 0.431. The number of hydrogen-bond acceptors (Lipinski definition) is 7. The van der Waals surface area contributed by atoms with Gasteiger partial charge in [-0.2, -0.15) is 0 Å². The summed E-state index contributed by atoms with van der Waals surface area (Å²) in [5.74, 6) is 3.52. The molecular formula is C29H39ClN2O6. The van der Waals surface area contributed by atoms with Crippen LogP contribution in [0.3, 0.4) is 0 Å². The van der Waals surface area contributed by atoms with E-state index >= 15 is 0 Å². The second-order valence-corrected chi connectivity index (χ2v) is 9.14. The third kappa shape index (κ3) is 6.48. The minimum absolute atomic E-state index is 0. The van der Waals surface area contributed by atoms with Crippen molar-refractivity contribution in [2.45, 2.75) is 33.2 Å². The molecule has 0 atom stereocenters. The molecule has 38 heavy (non-hydrogen) atoms. The standard InChI is InChI=1S/C29H38N2O6.ClH/c1-6-36-24-17-21-8-9-22(16-23(21)18-25(24)37-7-2)29(32)31-12-10-30(11-13-31)19-20-14-26(33-3)28(35-5)27(15-20)34-4;/h14-18H,6-13,19H2,1-5H3;1H. The molecular weight excluding hydrogens is 508 g/mol. The monoisotopic (exact) mass is 546 g/mol. The van der Waals surface area contributed by atoms with E-state index in [1.165, 1.54) is 5.56 Å². The number of amides is 1. The summed E-state index contributed by atoms with van der Waals surface area (Å²) in [4.78, 5) is 17.7. The third-order valence-corrected chi connectivity index (χ3v) is 6.86. The number of hydrogen-bond donors (Lipinski definition) is 0. The number of carbonyl (C=O) groups excluding carboxylic acids is 1. The van der Waals surface area contributed by atoms with Crippen LogP contribution in [0.2, 0.25) is 0 Å². The molecule has 2 aromatic rings. The van der Waals surface area contributed by atoms with Crippen LogP contribution in [-0.4, -0.2) is 76.4 Å². The predicted octanol–water partition coefficient (Wildman–Crippen LogP) is 4.61. The first-order valence-corrected chi connectivity index (χ1v) is 12.9. The van der Waals surface area contributed by atoms with Crippen LogP contribution in [0.1, 0.15) is 37.0 Å². The maximum Gasteiger partial charge on any atom is 0.249 e. The topological polar surface area (TPSA) is 69.7 Å². The molecule has 1 aliphatic heterocycles. The molecule has 2 aliphatic rings. The molecule has 0 bridgehead atoms. The molecule has 1 amide bonds. The Morgan fingerprint density at radius 1 is 0.789 bits per heavy atom. The highest BCUT2D eigenvalue weighted by Gasteiger charge is 2.26. The van der Waals surface area contributed by atoms with Gasteiger partial charge >= 0.3 is 0 Å². The molecule has 0 aromatic heterocycles. The van der Waals surface area contributed by atoms with Gasteiger partial charge in [-0.05, 0) is 73.7 Å². The van der Waals surface area contributed by atoms with E-state index in [9.17, 15) is 4.79 Å². The van der Waals surface area contributed by atoms with Gasteiger partial charge in [-0.15, -0.1) is 12.4 Å². The summed E-state index contributed by atoms with van der Waals surface area (Å²) in [6, 6.07) is 8.03. The first-order chi connectivity index (χ1) is 18.0. The molecule has 0 saturated carbocycles. The number of ether oxygens (including phenoxy) is 5. The molecule has 1 saturated heterocycles. The Hall–Kier alpha value is -3.10. The van der Waals surface area contributed by atoms with Crippen molar-refractivity contribution in [1.82, 2.24) is 9.80 Å². The molecule has 0 N–H and O–H groups in total. The smallest absolute Gasteiger partial charge is 0.249 e. The first-order valence-electron chi connectivity index (χ1n) is 12.9. The second-order valence-electron chi connectivity index (χ2n) is 9.14. The van der Waals surface area contributed by atoms with E-state index in [1.54, 1.807) is 21.3 Å². The number of halogens is 1. The number of methoxy groups -OCH3 is 3. The summed E-state index contributed by atoms with van der Waals surface area (Å²) in [7, 11) is 4.85. The fraction of sp³-hybridized carbons (Fsp3) is 0.483.